The summed E-state index contributed by atoms with van der Waals surface area (Å²) in [6.07, 6.45) is 0.948. The van der Waals surface area contributed by atoms with Crippen molar-refractivity contribution in [2.24, 2.45) is 11.7 Å². The topological polar surface area (TPSA) is 75.8 Å². The van der Waals surface area contributed by atoms with E-state index in [1.54, 1.807) is 7.11 Å². The van der Waals surface area contributed by atoms with E-state index in [4.69, 9.17) is 10.5 Å². The minimum Gasteiger partial charge on any atom is -0.496 e. The van der Waals surface area contributed by atoms with Gasteiger partial charge in [0, 0.05) is 0 Å². The summed E-state index contributed by atoms with van der Waals surface area (Å²) in [6.45, 7) is 0.281. The molecule has 2 atom stereocenters. The van der Waals surface area contributed by atoms with E-state index in [0.29, 0.717) is 11.0 Å². The fourth-order valence-electron chi connectivity index (χ4n) is 2.08. The summed E-state index contributed by atoms with van der Waals surface area (Å²) in [4.78, 5) is 10.7. The van der Waals surface area contributed by atoms with Crippen LogP contribution in [0.4, 0.5) is 4.79 Å². The molecule has 0 aliphatic heterocycles. The lowest BCUT2D eigenvalue weighted by Gasteiger charge is -2.11. The summed E-state index contributed by atoms with van der Waals surface area (Å²) in [6, 6.07) is 5.10. The van der Waals surface area contributed by atoms with Crippen LogP contribution in [0.2, 0.25) is 0 Å². The van der Waals surface area contributed by atoms with E-state index in [1.165, 1.54) is 5.56 Å². The standard InChI is InChI=1S/C12H15BrN2O3/c1-18-11-3-2-7(5-10(11)13)9-4-8(9)6-15(17)12(14)16/h2-3,5,8-9,17H,4,6H2,1H3,(H2,14,16). The quantitative estimate of drug-likeness (QED) is 0.661. The van der Waals surface area contributed by atoms with Crippen LogP contribution in [0.25, 0.3) is 0 Å². The predicted molar refractivity (Wildman–Crippen MR) is 69.6 cm³/mol. The molecule has 98 valence electrons. The zero-order chi connectivity index (χ0) is 13.3. The van der Waals surface area contributed by atoms with Gasteiger partial charge in [-0.15, -0.1) is 0 Å². The van der Waals surface area contributed by atoms with Crippen molar-refractivity contribution in [2.75, 3.05) is 13.7 Å². The van der Waals surface area contributed by atoms with Crippen LogP contribution in [0.5, 0.6) is 5.75 Å². The van der Waals surface area contributed by atoms with Gasteiger partial charge in [0.2, 0.25) is 0 Å². The maximum Gasteiger partial charge on any atom is 0.338 e. The summed E-state index contributed by atoms with van der Waals surface area (Å²) in [7, 11) is 1.62. The molecule has 1 aromatic rings. The Bertz CT molecular complexity index is 467. The Hall–Kier alpha value is -1.27. The maximum atomic E-state index is 10.7. The van der Waals surface area contributed by atoms with Gasteiger partial charge in [-0.1, -0.05) is 6.07 Å². The lowest BCUT2D eigenvalue weighted by molar-refractivity contribution is -0.0431. The van der Waals surface area contributed by atoms with Gasteiger partial charge in [0.25, 0.3) is 0 Å². The van der Waals surface area contributed by atoms with Crippen molar-refractivity contribution in [1.29, 1.82) is 0 Å². The van der Waals surface area contributed by atoms with Gasteiger partial charge in [-0.2, -0.15) is 0 Å². The number of amides is 2. The van der Waals surface area contributed by atoms with Gasteiger partial charge in [-0.25, -0.2) is 9.86 Å². The molecule has 1 saturated carbocycles. The Morgan fingerprint density at radius 2 is 2.39 bits per heavy atom. The van der Waals surface area contributed by atoms with Crippen molar-refractivity contribution < 1.29 is 14.7 Å². The Morgan fingerprint density at radius 3 is 2.94 bits per heavy atom. The maximum absolute atomic E-state index is 10.7. The highest BCUT2D eigenvalue weighted by Gasteiger charge is 2.40. The molecule has 6 heteroatoms. The molecule has 0 spiro atoms. The molecule has 0 heterocycles. The molecule has 1 aliphatic rings. The third-order valence-corrected chi connectivity index (χ3v) is 3.81. The number of rotatable bonds is 4. The van der Waals surface area contributed by atoms with Crippen LogP contribution in [0.15, 0.2) is 22.7 Å². The van der Waals surface area contributed by atoms with Crippen molar-refractivity contribution >= 4 is 22.0 Å². The Kier molecular flexibility index (Phi) is 3.77. The zero-order valence-electron chi connectivity index (χ0n) is 9.97. The number of methoxy groups -OCH3 is 1. The van der Waals surface area contributed by atoms with Gasteiger partial charge >= 0.3 is 6.03 Å². The number of ether oxygens (including phenoxy) is 1. The number of primary amides is 1. The van der Waals surface area contributed by atoms with E-state index in [2.05, 4.69) is 15.9 Å². The van der Waals surface area contributed by atoms with Crippen LogP contribution in [0.1, 0.15) is 17.9 Å². The molecule has 2 unspecified atom stereocenters. The molecule has 5 nitrogen and oxygen atoms in total. The molecule has 2 amide bonds. The van der Waals surface area contributed by atoms with Crippen LogP contribution < -0.4 is 10.5 Å². The highest BCUT2D eigenvalue weighted by molar-refractivity contribution is 9.10. The molecule has 3 N–H and O–H groups in total. The van der Waals surface area contributed by atoms with Crippen LogP contribution in [-0.2, 0) is 0 Å². The van der Waals surface area contributed by atoms with Gasteiger partial charge < -0.3 is 10.5 Å². The summed E-state index contributed by atoms with van der Waals surface area (Å²) in [5.41, 5.74) is 6.14. The molecule has 2 rings (SSSR count). The first-order valence-corrected chi connectivity index (χ1v) is 6.41. The normalized spacial score (nSPS) is 21.5. The molecular weight excluding hydrogens is 300 g/mol. The molecule has 1 fully saturated rings. The average molecular weight is 315 g/mol. The molecule has 0 saturated heterocycles. The van der Waals surface area contributed by atoms with E-state index in [-0.39, 0.29) is 12.5 Å². The number of nitrogens with two attached hydrogens (primary N) is 1. The number of urea groups is 1. The highest BCUT2D eigenvalue weighted by Crippen LogP contribution is 2.48. The SMILES string of the molecule is COc1ccc(C2CC2CN(O)C(N)=O)cc1Br. The van der Waals surface area contributed by atoms with E-state index >= 15 is 0 Å². The van der Waals surface area contributed by atoms with Gasteiger partial charge in [-0.3, -0.25) is 5.21 Å². The fourth-order valence-corrected chi connectivity index (χ4v) is 2.64. The van der Waals surface area contributed by atoms with Gasteiger partial charge in [-0.05, 0) is 51.9 Å². The summed E-state index contributed by atoms with van der Waals surface area (Å²) in [5.74, 6) is 1.42. The number of hydrogen-bond donors (Lipinski definition) is 2. The van der Waals surface area contributed by atoms with Crippen molar-refractivity contribution in [3.8, 4) is 5.75 Å². The van der Waals surface area contributed by atoms with Gasteiger partial charge in [0.1, 0.15) is 5.75 Å². The largest absolute Gasteiger partial charge is 0.496 e. The second kappa shape index (κ2) is 5.16. The number of benzene rings is 1. The van der Waals surface area contributed by atoms with E-state index in [0.717, 1.165) is 16.6 Å². The third-order valence-electron chi connectivity index (χ3n) is 3.19. The second-order valence-corrected chi connectivity index (χ2v) is 5.27. The minimum atomic E-state index is -0.809. The molecular formula is C12H15BrN2O3. The van der Waals surface area contributed by atoms with Gasteiger partial charge in [0.15, 0.2) is 0 Å². The molecule has 18 heavy (non-hydrogen) atoms. The highest BCUT2D eigenvalue weighted by atomic mass is 79.9. The summed E-state index contributed by atoms with van der Waals surface area (Å²) in [5, 5.41) is 9.84. The van der Waals surface area contributed by atoms with Gasteiger partial charge in [0.05, 0.1) is 18.1 Å². The molecule has 1 aliphatic carbocycles. The number of halogens is 1. The minimum absolute atomic E-state index is 0.266. The molecule has 0 radical (unpaired) electrons. The van der Waals surface area contributed by atoms with Crippen molar-refractivity contribution in [3.05, 3.63) is 28.2 Å². The number of hydrogen-bond acceptors (Lipinski definition) is 3. The van der Waals surface area contributed by atoms with E-state index in [9.17, 15) is 10.0 Å². The number of nitrogens with zero attached hydrogens (tertiary/aromatic N) is 1. The smallest absolute Gasteiger partial charge is 0.338 e. The average Bonchev–Trinajstić information content (AvgIpc) is 3.08. The fraction of sp³-hybridized carbons (Fsp3) is 0.417. The van der Waals surface area contributed by atoms with Crippen LogP contribution in [-0.4, -0.2) is 30.0 Å². The number of hydroxylamine groups is 2. The number of carbonyl (C=O) groups excluding carboxylic acids is 1. The lowest BCUT2D eigenvalue weighted by Crippen LogP contribution is -2.34. The lowest BCUT2D eigenvalue weighted by atomic mass is 10.1. The first-order chi connectivity index (χ1) is 8.52. The zero-order valence-corrected chi connectivity index (χ0v) is 11.6. The molecule has 0 aromatic heterocycles. The Morgan fingerprint density at radius 1 is 1.67 bits per heavy atom. The van der Waals surface area contributed by atoms with E-state index < -0.39 is 6.03 Å². The van der Waals surface area contributed by atoms with Crippen molar-refractivity contribution in [2.45, 2.75) is 12.3 Å². The van der Waals surface area contributed by atoms with E-state index in [1.807, 2.05) is 18.2 Å². The van der Waals surface area contributed by atoms with Crippen LogP contribution >= 0.6 is 15.9 Å². The predicted octanol–water partition coefficient (Wildman–Crippen LogP) is 2.33. The Labute approximate surface area is 114 Å². The first-order valence-electron chi connectivity index (χ1n) is 5.62. The second-order valence-electron chi connectivity index (χ2n) is 4.42. The summed E-state index contributed by atoms with van der Waals surface area (Å²) >= 11 is 3.44. The summed E-state index contributed by atoms with van der Waals surface area (Å²) < 4.78 is 6.07. The third kappa shape index (κ3) is 2.76. The first kappa shape index (κ1) is 13.2. The monoisotopic (exact) mass is 314 g/mol. The molecule has 0 bridgehead atoms. The van der Waals surface area contributed by atoms with Crippen molar-refractivity contribution in [1.82, 2.24) is 5.06 Å². The number of carbonyl (C=O) groups is 1. The molecule has 1 aromatic carbocycles. The van der Waals surface area contributed by atoms with Crippen LogP contribution in [0.3, 0.4) is 0 Å². The Balaban J connectivity index is 1.99. The van der Waals surface area contributed by atoms with Crippen molar-refractivity contribution in [3.63, 3.8) is 0 Å². The van der Waals surface area contributed by atoms with Crippen LogP contribution in [0, 0.1) is 5.92 Å².